The van der Waals surface area contributed by atoms with E-state index >= 15 is 0 Å². The summed E-state index contributed by atoms with van der Waals surface area (Å²) in [4.78, 5) is 8.60. The molecule has 2 N–H and O–H groups in total. The number of nitrogens with zero attached hydrogens (tertiary/aromatic N) is 6. The topological polar surface area (TPSA) is 111 Å². The number of hydrazine groups is 1. The lowest BCUT2D eigenvalue weighted by Gasteiger charge is -2.20. The summed E-state index contributed by atoms with van der Waals surface area (Å²) in [6.45, 7) is 1.71. The normalized spacial score (nSPS) is 11.8. The number of nitrogens with two attached hydrogens (primary N) is 1. The Labute approximate surface area is 188 Å². The molecule has 0 radical (unpaired) electrons. The number of hydrogen-bond donors (Lipinski definition) is 1. The van der Waals surface area contributed by atoms with E-state index < -0.39 is 10.0 Å². The molecule has 0 saturated heterocycles. The fourth-order valence-electron chi connectivity index (χ4n) is 3.45. The highest BCUT2D eigenvalue weighted by Gasteiger charge is 2.28. The van der Waals surface area contributed by atoms with Gasteiger partial charge < -0.3 is 0 Å². The molecule has 0 aliphatic carbocycles. The maximum absolute atomic E-state index is 13.5. The number of imidazole rings is 1. The van der Waals surface area contributed by atoms with Gasteiger partial charge in [0.05, 0.1) is 23.8 Å². The van der Waals surface area contributed by atoms with Gasteiger partial charge in [0.25, 0.3) is 10.0 Å². The molecule has 11 heteroatoms. The highest BCUT2D eigenvalue weighted by molar-refractivity contribution is 7.92. The second-order valence-electron chi connectivity index (χ2n) is 7.29. The lowest BCUT2D eigenvalue weighted by molar-refractivity contribution is 0.587. The SMILES string of the molecule is Cc1ncc(-c2cnn(C)c2)cc1N(N)S(=O)(=O)c1cnc2ccc(-c3ccsc3)cn12. The van der Waals surface area contributed by atoms with Crippen LogP contribution < -0.4 is 10.3 Å². The minimum atomic E-state index is -4.12. The number of anilines is 1. The van der Waals surface area contributed by atoms with Crippen LogP contribution in [0.25, 0.3) is 27.9 Å². The molecule has 0 fully saturated rings. The van der Waals surface area contributed by atoms with Crippen molar-refractivity contribution in [3.05, 3.63) is 71.7 Å². The molecule has 5 aromatic heterocycles. The third-order valence-corrected chi connectivity index (χ3v) is 7.41. The zero-order chi connectivity index (χ0) is 22.5. The molecule has 32 heavy (non-hydrogen) atoms. The van der Waals surface area contributed by atoms with E-state index in [1.165, 1.54) is 10.6 Å². The van der Waals surface area contributed by atoms with Crippen molar-refractivity contribution in [3.63, 3.8) is 0 Å². The molecule has 5 rings (SSSR count). The van der Waals surface area contributed by atoms with E-state index in [0.717, 1.165) is 21.1 Å². The van der Waals surface area contributed by atoms with Crippen LogP contribution in [0.4, 0.5) is 5.69 Å². The zero-order valence-electron chi connectivity index (χ0n) is 17.2. The van der Waals surface area contributed by atoms with Crippen LogP contribution in [0, 0.1) is 6.92 Å². The quantitative estimate of drug-likeness (QED) is 0.315. The summed E-state index contributed by atoms with van der Waals surface area (Å²) >= 11 is 1.57. The van der Waals surface area contributed by atoms with Gasteiger partial charge in [0, 0.05) is 36.8 Å². The maximum Gasteiger partial charge on any atom is 0.295 e. The summed E-state index contributed by atoms with van der Waals surface area (Å²) in [7, 11) is -2.32. The van der Waals surface area contributed by atoms with E-state index in [4.69, 9.17) is 5.84 Å². The van der Waals surface area contributed by atoms with E-state index in [2.05, 4.69) is 15.1 Å². The van der Waals surface area contributed by atoms with Crippen LogP contribution in [-0.2, 0) is 17.1 Å². The Balaban J connectivity index is 1.59. The molecule has 0 unspecified atom stereocenters. The van der Waals surface area contributed by atoms with Gasteiger partial charge in [-0.3, -0.25) is 14.1 Å². The molecule has 0 spiro atoms. The van der Waals surface area contributed by atoms with Gasteiger partial charge in [-0.25, -0.2) is 10.8 Å². The summed E-state index contributed by atoms with van der Waals surface area (Å²) in [6, 6.07) is 7.36. The molecule has 0 aliphatic heterocycles. The minimum absolute atomic E-state index is 0.0294. The van der Waals surface area contributed by atoms with Crippen molar-refractivity contribution in [2.45, 2.75) is 11.9 Å². The molecule has 9 nitrogen and oxygen atoms in total. The number of thiophene rings is 1. The third kappa shape index (κ3) is 3.36. The fraction of sp³-hybridized carbons (Fsp3) is 0.0952. The largest absolute Gasteiger partial charge is 0.295 e. The predicted octanol–water partition coefficient (Wildman–Crippen LogP) is 3.24. The van der Waals surface area contributed by atoms with Crippen LogP contribution in [-0.4, -0.2) is 32.6 Å². The summed E-state index contributed by atoms with van der Waals surface area (Å²) in [6.07, 6.45) is 8.24. The average molecular weight is 466 g/mol. The molecule has 0 aromatic carbocycles. The third-order valence-electron chi connectivity index (χ3n) is 5.19. The van der Waals surface area contributed by atoms with Crippen LogP contribution in [0.3, 0.4) is 0 Å². The number of sulfonamides is 1. The van der Waals surface area contributed by atoms with Crippen molar-refractivity contribution >= 4 is 32.7 Å². The number of aryl methyl sites for hydroxylation is 2. The monoisotopic (exact) mass is 465 g/mol. The second kappa shape index (κ2) is 7.55. The van der Waals surface area contributed by atoms with Gasteiger partial charge >= 0.3 is 0 Å². The van der Waals surface area contributed by atoms with Crippen LogP contribution in [0.15, 0.2) is 71.0 Å². The first-order valence-corrected chi connectivity index (χ1v) is 12.0. The van der Waals surface area contributed by atoms with Gasteiger partial charge in [0.2, 0.25) is 0 Å². The molecular formula is C21H19N7O2S2. The Hall–Kier alpha value is -3.54. The Morgan fingerprint density at radius 1 is 1.00 bits per heavy atom. The molecule has 162 valence electrons. The standard InChI is InChI=1S/C21H19N7O2S2/c1-14-19(7-17(8-23-14)18-9-25-26(2)11-18)28(22)32(29,30)21-10-24-20-4-3-15(12-27(20)21)16-5-6-31-13-16/h3-13H,22H2,1-2H3. The fourth-order valence-corrected chi connectivity index (χ4v) is 5.34. The molecule has 0 saturated carbocycles. The van der Waals surface area contributed by atoms with Crippen molar-refractivity contribution < 1.29 is 8.42 Å². The highest BCUT2D eigenvalue weighted by atomic mass is 32.2. The Morgan fingerprint density at radius 2 is 1.84 bits per heavy atom. The second-order valence-corrected chi connectivity index (χ2v) is 9.83. The van der Waals surface area contributed by atoms with Gasteiger partial charge in [0.1, 0.15) is 5.65 Å². The van der Waals surface area contributed by atoms with Crippen LogP contribution in [0.1, 0.15) is 5.69 Å². The zero-order valence-corrected chi connectivity index (χ0v) is 18.9. The Bertz CT molecular complexity index is 1540. The molecule has 0 atom stereocenters. The Morgan fingerprint density at radius 3 is 2.56 bits per heavy atom. The van der Waals surface area contributed by atoms with Gasteiger partial charge in [-0.15, -0.1) is 0 Å². The number of aromatic nitrogens is 5. The van der Waals surface area contributed by atoms with Crippen molar-refractivity contribution in [1.29, 1.82) is 0 Å². The van der Waals surface area contributed by atoms with E-state index in [1.807, 2.05) is 29.1 Å². The van der Waals surface area contributed by atoms with Crippen LogP contribution in [0.5, 0.6) is 0 Å². The molecule has 0 bridgehead atoms. The maximum atomic E-state index is 13.5. The van der Waals surface area contributed by atoms with Gasteiger partial charge in [-0.05, 0) is 53.1 Å². The van der Waals surface area contributed by atoms with E-state index in [-0.39, 0.29) is 10.7 Å². The Kier molecular flexibility index (Phi) is 4.81. The molecule has 0 aliphatic rings. The average Bonchev–Trinajstić information content (AvgIpc) is 3.53. The summed E-state index contributed by atoms with van der Waals surface area (Å²) < 4.78 is 31.0. The number of pyridine rings is 2. The van der Waals surface area contributed by atoms with Gasteiger partial charge in [-0.2, -0.15) is 29.3 Å². The summed E-state index contributed by atoms with van der Waals surface area (Å²) in [5, 5.41) is 8.10. The summed E-state index contributed by atoms with van der Waals surface area (Å²) in [5.41, 5.74) is 4.67. The number of hydrogen-bond acceptors (Lipinski definition) is 7. The van der Waals surface area contributed by atoms with Crippen molar-refractivity contribution in [2.24, 2.45) is 12.9 Å². The van der Waals surface area contributed by atoms with Crippen molar-refractivity contribution in [2.75, 3.05) is 4.41 Å². The van der Waals surface area contributed by atoms with Gasteiger partial charge in [-0.1, -0.05) is 0 Å². The molecule has 0 amide bonds. The number of rotatable bonds is 5. The van der Waals surface area contributed by atoms with Gasteiger partial charge in [0.15, 0.2) is 5.03 Å². The molecule has 5 heterocycles. The first-order valence-electron chi connectivity index (χ1n) is 9.60. The van der Waals surface area contributed by atoms with E-state index in [9.17, 15) is 8.42 Å². The van der Waals surface area contributed by atoms with Crippen molar-refractivity contribution in [3.8, 4) is 22.3 Å². The predicted molar refractivity (Wildman–Crippen MR) is 124 cm³/mol. The smallest absolute Gasteiger partial charge is 0.288 e. The summed E-state index contributed by atoms with van der Waals surface area (Å²) in [5.74, 6) is 6.19. The minimum Gasteiger partial charge on any atom is -0.288 e. The van der Waals surface area contributed by atoms with Crippen LogP contribution >= 0.6 is 11.3 Å². The highest BCUT2D eigenvalue weighted by Crippen LogP contribution is 2.29. The number of fused-ring (bicyclic) bond motifs is 1. The molecular weight excluding hydrogens is 446 g/mol. The molecule has 5 aromatic rings. The first-order chi connectivity index (χ1) is 15.3. The van der Waals surface area contributed by atoms with Crippen molar-refractivity contribution in [1.82, 2.24) is 24.1 Å². The van der Waals surface area contributed by atoms with Crippen LogP contribution in [0.2, 0.25) is 0 Å². The first kappa shape index (κ1) is 20.4. The van der Waals surface area contributed by atoms with E-state index in [0.29, 0.717) is 16.9 Å². The van der Waals surface area contributed by atoms with E-state index in [1.54, 1.807) is 60.7 Å². The lowest BCUT2D eigenvalue weighted by Crippen LogP contribution is -2.38. The lowest BCUT2D eigenvalue weighted by atomic mass is 10.1.